The molecule has 0 bridgehead atoms. The topological polar surface area (TPSA) is 95.2 Å². The van der Waals surface area contributed by atoms with Crippen LogP contribution >= 0.6 is 0 Å². The van der Waals surface area contributed by atoms with E-state index in [1.54, 1.807) is 19.4 Å². The van der Waals surface area contributed by atoms with E-state index in [1.807, 2.05) is 30.3 Å². The van der Waals surface area contributed by atoms with Crippen molar-refractivity contribution in [2.45, 2.75) is 12.5 Å². The molecule has 3 heterocycles. The maximum atomic E-state index is 12.4. The fourth-order valence-electron chi connectivity index (χ4n) is 3.12. The summed E-state index contributed by atoms with van der Waals surface area (Å²) in [6, 6.07) is 10.9. The number of pyridine rings is 1. The Kier molecular flexibility index (Phi) is 4.88. The van der Waals surface area contributed by atoms with Crippen molar-refractivity contribution in [1.29, 1.82) is 0 Å². The van der Waals surface area contributed by atoms with Gasteiger partial charge in [0.1, 0.15) is 5.82 Å². The molecule has 2 amide bonds. The Morgan fingerprint density at radius 1 is 1.33 bits per heavy atom. The third-order valence-corrected chi connectivity index (χ3v) is 4.66. The van der Waals surface area contributed by atoms with Crippen molar-refractivity contribution in [2.75, 3.05) is 37.0 Å². The first-order chi connectivity index (χ1) is 13.2. The summed E-state index contributed by atoms with van der Waals surface area (Å²) in [5.74, 6) is 1.38. The van der Waals surface area contributed by atoms with E-state index >= 15 is 0 Å². The second kappa shape index (κ2) is 7.63. The number of aromatic nitrogens is 3. The summed E-state index contributed by atoms with van der Waals surface area (Å²) in [6.07, 6.45) is 2.93. The lowest BCUT2D eigenvalue weighted by Crippen LogP contribution is -2.37. The maximum absolute atomic E-state index is 12.4. The molecular weight excluding hydrogens is 344 g/mol. The highest BCUT2D eigenvalue weighted by molar-refractivity contribution is 5.94. The fourth-order valence-corrected chi connectivity index (χ4v) is 3.12. The zero-order valence-corrected chi connectivity index (χ0v) is 15.1. The number of anilines is 2. The molecule has 0 radical (unpaired) electrons. The van der Waals surface area contributed by atoms with Crippen LogP contribution in [0.4, 0.5) is 16.4 Å². The number of rotatable bonds is 6. The van der Waals surface area contributed by atoms with Gasteiger partial charge in [-0.2, -0.15) is 5.10 Å². The van der Waals surface area contributed by atoms with E-state index in [-0.39, 0.29) is 12.1 Å². The van der Waals surface area contributed by atoms with Gasteiger partial charge in [0, 0.05) is 32.5 Å². The third-order valence-electron chi connectivity index (χ3n) is 4.66. The molecule has 1 aromatic carbocycles. The SMILES string of the molecule is COCC(NC(=O)Nc1cc2[nH]nc(N3CCC3)c2cn1)c1ccccc1. The Morgan fingerprint density at radius 3 is 2.85 bits per heavy atom. The largest absolute Gasteiger partial charge is 0.382 e. The molecule has 1 aliphatic rings. The van der Waals surface area contributed by atoms with Gasteiger partial charge in [0.05, 0.1) is 23.6 Å². The maximum Gasteiger partial charge on any atom is 0.320 e. The van der Waals surface area contributed by atoms with Gasteiger partial charge in [-0.1, -0.05) is 30.3 Å². The number of carbonyl (C=O) groups is 1. The number of nitrogens with zero attached hydrogens (tertiary/aromatic N) is 3. The Morgan fingerprint density at radius 2 is 2.15 bits per heavy atom. The number of nitrogens with one attached hydrogen (secondary N) is 3. The average molecular weight is 366 g/mol. The van der Waals surface area contributed by atoms with E-state index in [0.29, 0.717) is 12.4 Å². The Hall–Kier alpha value is -3.13. The fraction of sp³-hybridized carbons (Fsp3) is 0.316. The van der Waals surface area contributed by atoms with Crippen LogP contribution < -0.4 is 15.5 Å². The van der Waals surface area contributed by atoms with Gasteiger partial charge in [0.25, 0.3) is 0 Å². The summed E-state index contributed by atoms with van der Waals surface area (Å²) >= 11 is 0. The van der Waals surface area contributed by atoms with Gasteiger partial charge in [-0.15, -0.1) is 0 Å². The molecule has 1 aliphatic heterocycles. The molecule has 0 spiro atoms. The molecule has 8 nitrogen and oxygen atoms in total. The van der Waals surface area contributed by atoms with Crippen LogP contribution in [0.15, 0.2) is 42.6 Å². The van der Waals surface area contributed by atoms with Gasteiger partial charge in [0.2, 0.25) is 0 Å². The Labute approximate surface area is 156 Å². The highest BCUT2D eigenvalue weighted by Gasteiger charge is 2.20. The van der Waals surface area contributed by atoms with Crippen LogP contribution in [0.2, 0.25) is 0 Å². The number of methoxy groups -OCH3 is 1. The molecule has 1 unspecified atom stereocenters. The van der Waals surface area contributed by atoms with Crippen LogP contribution in [0, 0.1) is 0 Å². The molecule has 1 saturated heterocycles. The van der Waals surface area contributed by atoms with Gasteiger partial charge in [-0.25, -0.2) is 9.78 Å². The molecule has 27 heavy (non-hydrogen) atoms. The number of amides is 2. The molecule has 1 fully saturated rings. The lowest BCUT2D eigenvalue weighted by atomic mass is 10.1. The Bertz CT molecular complexity index is 922. The number of benzene rings is 1. The summed E-state index contributed by atoms with van der Waals surface area (Å²) in [5, 5.41) is 14.0. The average Bonchev–Trinajstić information content (AvgIpc) is 3.03. The van der Waals surface area contributed by atoms with E-state index < -0.39 is 0 Å². The third kappa shape index (κ3) is 3.70. The van der Waals surface area contributed by atoms with Crippen molar-refractivity contribution in [3.05, 3.63) is 48.2 Å². The van der Waals surface area contributed by atoms with E-state index in [4.69, 9.17) is 4.74 Å². The predicted octanol–water partition coefficient (Wildman–Crippen LogP) is 2.68. The first-order valence-electron chi connectivity index (χ1n) is 8.95. The van der Waals surface area contributed by atoms with Gasteiger partial charge in [-0.3, -0.25) is 10.4 Å². The lowest BCUT2D eigenvalue weighted by Gasteiger charge is -2.30. The zero-order valence-electron chi connectivity index (χ0n) is 15.1. The highest BCUT2D eigenvalue weighted by atomic mass is 16.5. The molecule has 8 heteroatoms. The minimum atomic E-state index is -0.338. The number of hydrogen-bond donors (Lipinski definition) is 3. The highest BCUT2D eigenvalue weighted by Crippen LogP contribution is 2.27. The van der Waals surface area contributed by atoms with Crippen molar-refractivity contribution in [3.8, 4) is 0 Å². The monoisotopic (exact) mass is 366 g/mol. The van der Waals surface area contributed by atoms with E-state index in [1.165, 1.54) is 6.42 Å². The minimum Gasteiger partial charge on any atom is -0.382 e. The summed E-state index contributed by atoms with van der Waals surface area (Å²) in [6.45, 7) is 2.41. The standard InChI is InChI=1S/C19H22N6O2/c1-27-12-16(13-6-3-2-4-7-13)21-19(26)22-17-10-15-14(11-20-17)18(24-23-15)25-8-5-9-25/h2-4,6-7,10-11,16H,5,8-9,12H2,1H3,(H,23,24)(H2,20,21,22,26). The number of aromatic amines is 1. The zero-order chi connectivity index (χ0) is 18.6. The number of ether oxygens (including phenoxy) is 1. The van der Waals surface area contributed by atoms with Crippen LogP contribution in [0.5, 0.6) is 0 Å². The van der Waals surface area contributed by atoms with Gasteiger partial charge in [-0.05, 0) is 12.0 Å². The van der Waals surface area contributed by atoms with Crippen LogP contribution in [0.25, 0.3) is 10.9 Å². The second-order valence-corrected chi connectivity index (χ2v) is 6.52. The smallest absolute Gasteiger partial charge is 0.320 e. The molecule has 3 N–H and O–H groups in total. The molecule has 0 aliphatic carbocycles. The molecular formula is C19H22N6O2. The molecule has 4 rings (SSSR count). The number of fused-ring (bicyclic) bond motifs is 1. The quantitative estimate of drug-likeness (QED) is 0.623. The van der Waals surface area contributed by atoms with Gasteiger partial charge >= 0.3 is 6.03 Å². The molecule has 140 valence electrons. The molecule has 0 saturated carbocycles. The van der Waals surface area contributed by atoms with E-state index in [0.717, 1.165) is 35.4 Å². The van der Waals surface area contributed by atoms with Crippen molar-refractivity contribution in [2.24, 2.45) is 0 Å². The minimum absolute atomic E-state index is 0.245. The normalized spacial score (nSPS) is 14.6. The van der Waals surface area contributed by atoms with Crippen LogP contribution in [-0.2, 0) is 4.74 Å². The second-order valence-electron chi connectivity index (χ2n) is 6.52. The van der Waals surface area contributed by atoms with E-state index in [9.17, 15) is 4.79 Å². The lowest BCUT2D eigenvalue weighted by molar-refractivity contribution is 0.168. The van der Waals surface area contributed by atoms with Crippen molar-refractivity contribution in [1.82, 2.24) is 20.5 Å². The van der Waals surface area contributed by atoms with Crippen molar-refractivity contribution in [3.63, 3.8) is 0 Å². The molecule has 3 aromatic rings. The van der Waals surface area contributed by atoms with E-state index in [2.05, 4.69) is 30.7 Å². The molecule has 1 atom stereocenters. The Balaban J connectivity index is 1.45. The van der Waals surface area contributed by atoms with Crippen LogP contribution in [-0.4, -0.2) is 48.0 Å². The van der Waals surface area contributed by atoms with Gasteiger partial charge < -0.3 is 15.0 Å². The number of carbonyl (C=O) groups excluding carboxylic acids is 1. The number of H-pyrrole nitrogens is 1. The summed E-state index contributed by atoms with van der Waals surface area (Å²) < 4.78 is 5.23. The first kappa shape index (κ1) is 17.3. The van der Waals surface area contributed by atoms with Crippen LogP contribution in [0.3, 0.4) is 0 Å². The number of urea groups is 1. The van der Waals surface area contributed by atoms with Gasteiger partial charge in [0.15, 0.2) is 5.82 Å². The predicted molar refractivity (Wildman–Crippen MR) is 104 cm³/mol. The summed E-state index contributed by atoms with van der Waals surface area (Å²) in [5.41, 5.74) is 1.82. The molecule has 2 aromatic heterocycles. The summed E-state index contributed by atoms with van der Waals surface area (Å²) in [4.78, 5) is 19.0. The summed E-state index contributed by atoms with van der Waals surface area (Å²) in [7, 11) is 1.61. The first-order valence-corrected chi connectivity index (χ1v) is 8.95. The van der Waals surface area contributed by atoms with Crippen molar-refractivity contribution >= 4 is 28.6 Å². The number of hydrogen-bond acceptors (Lipinski definition) is 5. The van der Waals surface area contributed by atoms with Crippen LogP contribution in [0.1, 0.15) is 18.0 Å². The van der Waals surface area contributed by atoms with Crippen molar-refractivity contribution < 1.29 is 9.53 Å².